The zero-order chi connectivity index (χ0) is 13.0. The van der Waals surface area contributed by atoms with Gasteiger partial charge in [-0.2, -0.15) is 0 Å². The van der Waals surface area contributed by atoms with Crippen LogP contribution in [0.25, 0.3) is 0 Å². The molecule has 0 atom stereocenters. The minimum atomic E-state index is 0.625. The summed E-state index contributed by atoms with van der Waals surface area (Å²) in [4.78, 5) is 6.64. The fraction of sp³-hybridized carbons (Fsp3) is 0.667. The number of hydrogen-bond acceptors (Lipinski definition) is 3. The third-order valence-corrected chi connectivity index (χ3v) is 3.81. The van der Waals surface area contributed by atoms with Crippen molar-refractivity contribution in [1.82, 2.24) is 4.98 Å². The van der Waals surface area contributed by atoms with Gasteiger partial charge in [0.25, 0.3) is 0 Å². The van der Waals surface area contributed by atoms with Gasteiger partial charge in [0.1, 0.15) is 5.82 Å². The first kappa shape index (κ1) is 13.2. The van der Waals surface area contributed by atoms with E-state index in [1.165, 1.54) is 37.8 Å². The summed E-state index contributed by atoms with van der Waals surface area (Å²) in [5.41, 5.74) is 7.06. The molecule has 0 bridgehead atoms. The molecule has 1 aliphatic rings. The zero-order valence-corrected chi connectivity index (χ0v) is 11.6. The second kappa shape index (κ2) is 6.07. The summed E-state index contributed by atoms with van der Waals surface area (Å²) in [6.07, 6.45) is 8.42. The Morgan fingerprint density at radius 2 is 2.11 bits per heavy atom. The van der Waals surface area contributed by atoms with Crippen LogP contribution in [0.2, 0.25) is 0 Å². The van der Waals surface area contributed by atoms with Crippen LogP contribution < -0.4 is 10.6 Å². The van der Waals surface area contributed by atoms with Crippen LogP contribution in [-0.4, -0.2) is 17.6 Å². The summed E-state index contributed by atoms with van der Waals surface area (Å²) >= 11 is 0. The predicted molar refractivity (Wildman–Crippen MR) is 77.7 cm³/mol. The molecular weight excluding hydrogens is 222 g/mol. The Hall–Kier alpha value is -1.25. The Kier molecular flexibility index (Phi) is 4.45. The number of nitrogens with zero attached hydrogens (tertiary/aromatic N) is 2. The lowest BCUT2D eigenvalue weighted by molar-refractivity contribution is 0.528. The minimum Gasteiger partial charge on any atom is -0.384 e. The van der Waals surface area contributed by atoms with E-state index in [1.54, 1.807) is 0 Å². The largest absolute Gasteiger partial charge is 0.384 e. The van der Waals surface area contributed by atoms with Crippen molar-refractivity contribution < 1.29 is 0 Å². The molecule has 2 rings (SSSR count). The highest BCUT2D eigenvalue weighted by atomic mass is 15.2. The van der Waals surface area contributed by atoms with E-state index >= 15 is 0 Å². The fourth-order valence-corrected chi connectivity index (χ4v) is 2.75. The number of aromatic nitrogens is 1. The molecule has 1 aromatic rings. The molecule has 3 nitrogen and oxygen atoms in total. The molecule has 2 N–H and O–H groups in total. The van der Waals surface area contributed by atoms with Crippen molar-refractivity contribution in [2.45, 2.75) is 52.0 Å². The van der Waals surface area contributed by atoms with Crippen molar-refractivity contribution >= 4 is 11.5 Å². The zero-order valence-electron chi connectivity index (χ0n) is 11.6. The van der Waals surface area contributed by atoms with Crippen molar-refractivity contribution in [3.8, 4) is 0 Å². The van der Waals surface area contributed by atoms with Gasteiger partial charge in [-0.3, -0.25) is 0 Å². The molecule has 0 unspecified atom stereocenters. The molecule has 1 heterocycles. The van der Waals surface area contributed by atoms with Crippen molar-refractivity contribution in [3.05, 3.63) is 18.3 Å². The first-order valence-corrected chi connectivity index (χ1v) is 7.15. The van der Waals surface area contributed by atoms with Crippen molar-refractivity contribution in [3.63, 3.8) is 0 Å². The Bertz CT molecular complexity index is 370. The summed E-state index contributed by atoms with van der Waals surface area (Å²) in [5.74, 6) is 1.37. The van der Waals surface area contributed by atoms with E-state index in [0.717, 1.165) is 12.5 Å². The molecule has 1 saturated carbocycles. The Balaban J connectivity index is 2.12. The molecule has 0 aliphatic heterocycles. The first-order valence-electron chi connectivity index (χ1n) is 7.15. The molecule has 18 heavy (non-hydrogen) atoms. The molecular formula is C15H25N3. The Morgan fingerprint density at radius 1 is 1.39 bits per heavy atom. The molecule has 0 radical (unpaired) electrons. The Morgan fingerprint density at radius 3 is 2.72 bits per heavy atom. The number of hydrogen-bond donors (Lipinski definition) is 1. The van der Waals surface area contributed by atoms with Crippen LogP contribution in [0.3, 0.4) is 0 Å². The van der Waals surface area contributed by atoms with Crippen LogP contribution >= 0.6 is 0 Å². The van der Waals surface area contributed by atoms with Crippen molar-refractivity contribution in [2.75, 3.05) is 17.2 Å². The van der Waals surface area contributed by atoms with Crippen LogP contribution in [0.4, 0.5) is 11.5 Å². The van der Waals surface area contributed by atoms with E-state index in [4.69, 9.17) is 5.73 Å². The Labute approximate surface area is 110 Å². The lowest BCUT2D eigenvalue weighted by Crippen LogP contribution is -2.34. The number of pyridine rings is 1. The van der Waals surface area contributed by atoms with Crippen LogP contribution in [-0.2, 0) is 0 Å². The summed E-state index contributed by atoms with van der Waals surface area (Å²) in [6, 6.07) is 4.80. The highest BCUT2D eigenvalue weighted by Crippen LogP contribution is 2.29. The first-order chi connectivity index (χ1) is 8.66. The van der Waals surface area contributed by atoms with Gasteiger partial charge in [0.15, 0.2) is 0 Å². The van der Waals surface area contributed by atoms with Gasteiger partial charge in [0.05, 0.1) is 0 Å². The second-order valence-electron chi connectivity index (χ2n) is 5.75. The monoisotopic (exact) mass is 247 g/mol. The fourth-order valence-electron chi connectivity index (χ4n) is 2.75. The van der Waals surface area contributed by atoms with Gasteiger partial charge in [-0.05, 0) is 31.2 Å². The topological polar surface area (TPSA) is 42.2 Å². The number of nitrogen functional groups attached to an aromatic ring is 1. The normalized spacial score (nSPS) is 16.4. The molecule has 0 saturated heterocycles. The summed E-state index contributed by atoms with van der Waals surface area (Å²) < 4.78 is 0. The van der Waals surface area contributed by atoms with Crippen LogP contribution in [0.15, 0.2) is 18.3 Å². The average Bonchev–Trinajstić information content (AvgIpc) is 2.83. The standard InChI is InChI=1S/C15H25N3/c1-12(2)8-10-18(13-5-3-4-6-13)14-7-9-17-15(16)11-14/h7,9,11-13H,3-6,8,10H2,1-2H3,(H2,16,17). The molecule has 100 valence electrons. The van der Waals surface area contributed by atoms with Gasteiger partial charge < -0.3 is 10.6 Å². The lowest BCUT2D eigenvalue weighted by Gasteiger charge is -2.32. The van der Waals surface area contributed by atoms with Crippen LogP contribution in [0, 0.1) is 5.92 Å². The van der Waals surface area contributed by atoms with E-state index in [1.807, 2.05) is 12.3 Å². The molecule has 1 aliphatic carbocycles. The van der Waals surface area contributed by atoms with Gasteiger partial charge in [0.2, 0.25) is 0 Å². The number of anilines is 2. The summed E-state index contributed by atoms with van der Waals surface area (Å²) in [6.45, 7) is 5.70. The molecule has 1 fully saturated rings. The molecule has 3 heteroatoms. The molecule has 1 aromatic heterocycles. The van der Waals surface area contributed by atoms with Crippen LogP contribution in [0.1, 0.15) is 46.0 Å². The van der Waals surface area contributed by atoms with Gasteiger partial charge in [-0.1, -0.05) is 26.7 Å². The lowest BCUT2D eigenvalue weighted by atomic mass is 10.1. The van der Waals surface area contributed by atoms with Gasteiger partial charge in [-0.25, -0.2) is 4.98 Å². The molecule has 0 aromatic carbocycles. The third kappa shape index (κ3) is 3.37. The van der Waals surface area contributed by atoms with Crippen LogP contribution in [0.5, 0.6) is 0 Å². The molecule has 0 spiro atoms. The highest BCUT2D eigenvalue weighted by Gasteiger charge is 2.23. The van der Waals surface area contributed by atoms with E-state index in [-0.39, 0.29) is 0 Å². The van der Waals surface area contributed by atoms with Gasteiger partial charge in [0, 0.05) is 30.5 Å². The quantitative estimate of drug-likeness (QED) is 0.866. The highest BCUT2D eigenvalue weighted by molar-refractivity contribution is 5.52. The van der Waals surface area contributed by atoms with Crippen molar-refractivity contribution in [1.29, 1.82) is 0 Å². The maximum Gasteiger partial charge on any atom is 0.125 e. The molecule has 0 amide bonds. The van der Waals surface area contributed by atoms with E-state index in [9.17, 15) is 0 Å². The maximum atomic E-state index is 5.81. The smallest absolute Gasteiger partial charge is 0.125 e. The van der Waals surface area contributed by atoms with E-state index in [0.29, 0.717) is 11.9 Å². The summed E-state index contributed by atoms with van der Waals surface area (Å²) in [5, 5.41) is 0. The number of nitrogens with two attached hydrogens (primary N) is 1. The second-order valence-corrected chi connectivity index (χ2v) is 5.75. The average molecular weight is 247 g/mol. The van der Waals surface area contributed by atoms with E-state index < -0.39 is 0 Å². The van der Waals surface area contributed by atoms with Gasteiger partial charge >= 0.3 is 0 Å². The minimum absolute atomic E-state index is 0.625. The predicted octanol–water partition coefficient (Wildman–Crippen LogP) is 3.46. The SMILES string of the molecule is CC(C)CCN(c1ccnc(N)c1)C1CCCC1. The third-order valence-electron chi connectivity index (χ3n) is 3.81. The van der Waals surface area contributed by atoms with E-state index in [2.05, 4.69) is 29.8 Å². The van der Waals surface area contributed by atoms with Crippen molar-refractivity contribution in [2.24, 2.45) is 5.92 Å². The number of rotatable bonds is 5. The van der Waals surface area contributed by atoms with Gasteiger partial charge in [-0.15, -0.1) is 0 Å². The maximum absolute atomic E-state index is 5.81. The summed E-state index contributed by atoms with van der Waals surface area (Å²) in [7, 11) is 0.